The molecule has 0 aromatic heterocycles. The van der Waals surface area contributed by atoms with Crippen molar-refractivity contribution in [1.29, 1.82) is 0 Å². The molecule has 1 aliphatic carbocycles. The van der Waals surface area contributed by atoms with Crippen molar-refractivity contribution in [2.45, 2.75) is 58.0 Å². The normalized spacial score (nSPS) is 33.5. The summed E-state index contributed by atoms with van der Waals surface area (Å²) in [6, 6.07) is 1.42. The van der Waals surface area contributed by atoms with Gasteiger partial charge in [0.2, 0.25) is 0 Å². The summed E-state index contributed by atoms with van der Waals surface area (Å²) >= 11 is 0. The summed E-state index contributed by atoms with van der Waals surface area (Å²) in [6.07, 6.45) is 6.64. The molecule has 2 aliphatic rings. The summed E-state index contributed by atoms with van der Waals surface area (Å²) < 4.78 is 5.31. The van der Waals surface area contributed by atoms with Crippen molar-refractivity contribution in [1.82, 2.24) is 10.2 Å². The monoisotopic (exact) mass is 268 g/mol. The predicted octanol–water partition coefficient (Wildman–Crippen LogP) is 2.51. The molecule has 3 nitrogen and oxygen atoms in total. The van der Waals surface area contributed by atoms with E-state index in [4.69, 9.17) is 4.74 Å². The highest BCUT2D eigenvalue weighted by Gasteiger charge is 2.38. The Kier molecular flexibility index (Phi) is 5.27. The first-order valence-electron chi connectivity index (χ1n) is 7.96. The quantitative estimate of drug-likeness (QED) is 0.848. The van der Waals surface area contributed by atoms with Crippen molar-refractivity contribution in [3.8, 4) is 0 Å². The van der Waals surface area contributed by atoms with Crippen molar-refractivity contribution in [3.05, 3.63) is 0 Å². The van der Waals surface area contributed by atoms with Crippen LogP contribution in [0.4, 0.5) is 0 Å². The molecule has 2 unspecified atom stereocenters. The maximum atomic E-state index is 5.31. The molecule has 1 saturated heterocycles. The van der Waals surface area contributed by atoms with Crippen molar-refractivity contribution in [2.24, 2.45) is 11.3 Å². The Hall–Kier alpha value is -0.120. The van der Waals surface area contributed by atoms with Crippen LogP contribution in [0.5, 0.6) is 0 Å². The van der Waals surface area contributed by atoms with Gasteiger partial charge in [-0.05, 0) is 63.6 Å². The second-order valence-corrected chi connectivity index (χ2v) is 7.30. The van der Waals surface area contributed by atoms with Gasteiger partial charge in [-0.25, -0.2) is 0 Å². The predicted molar refractivity (Wildman–Crippen MR) is 80.4 cm³/mol. The molecule has 0 aromatic carbocycles. The van der Waals surface area contributed by atoms with E-state index >= 15 is 0 Å². The molecule has 0 aromatic rings. The van der Waals surface area contributed by atoms with Gasteiger partial charge in [0.05, 0.1) is 0 Å². The van der Waals surface area contributed by atoms with Crippen molar-refractivity contribution >= 4 is 0 Å². The number of methoxy groups -OCH3 is 1. The summed E-state index contributed by atoms with van der Waals surface area (Å²) in [6.45, 7) is 8.33. The van der Waals surface area contributed by atoms with E-state index in [1.165, 1.54) is 45.2 Å². The van der Waals surface area contributed by atoms with E-state index in [-0.39, 0.29) is 0 Å². The molecule has 1 N–H and O–H groups in total. The summed E-state index contributed by atoms with van der Waals surface area (Å²) in [5.74, 6) is 0.783. The number of piperidine rings is 1. The topological polar surface area (TPSA) is 24.5 Å². The van der Waals surface area contributed by atoms with E-state index in [0.29, 0.717) is 11.5 Å². The standard InChI is InChI=1S/C16H32N2O/c1-16(2)8-5-14(17-3)15(11-16)18-9-6-13(7-10-18)12-19-4/h13-15,17H,5-12H2,1-4H3. The molecule has 2 fully saturated rings. The van der Waals surface area contributed by atoms with Crippen LogP contribution < -0.4 is 5.32 Å². The van der Waals surface area contributed by atoms with E-state index in [9.17, 15) is 0 Å². The van der Waals surface area contributed by atoms with Gasteiger partial charge in [-0.1, -0.05) is 13.8 Å². The molecule has 1 heterocycles. The third kappa shape index (κ3) is 3.93. The van der Waals surface area contributed by atoms with Crippen molar-refractivity contribution < 1.29 is 4.74 Å². The van der Waals surface area contributed by atoms with Gasteiger partial charge in [0.25, 0.3) is 0 Å². The third-order valence-corrected chi connectivity index (χ3v) is 5.25. The SMILES string of the molecule is CNC1CCC(C)(C)CC1N1CCC(COC)CC1. The van der Waals surface area contributed by atoms with Gasteiger partial charge in [0, 0.05) is 25.8 Å². The zero-order valence-corrected chi connectivity index (χ0v) is 13.2. The lowest BCUT2D eigenvalue weighted by molar-refractivity contribution is 0.0292. The van der Waals surface area contributed by atoms with E-state index < -0.39 is 0 Å². The number of likely N-dealkylation sites (tertiary alicyclic amines) is 1. The summed E-state index contributed by atoms with van der Waals surface area (Å²) in [5, 5.41) is 3.56. The van der Waals surface area contributed by atoms with Gasteiger partial charge < -0.3 is 10.1 Å². The van der Waals surface area contributed by atoms with E-state index in [0.717, 1.165) is 18.6 Å². The summed E-state index contributed by atoms with van der Waals surface area (Å²) in [7, 11) is 3.96. The number of rotatable bonds is 4. The number of hydrogen-bond donors (Lipinski definition) is 1. The number of likely N-dealkylation sites (N-methyl/N-ethyl adjacent to an activating group) is 1. The highest BCUT2D eigenvalue weighted by atomic mass is 16.5. The van der Waals surface area contributed by atoms with Crippen LogP contribution in [0.2, 0.25) is 0 Å². The average Bonchev–Trinajstić information content (AvgIpc) is 2.39. The molecule has 1 saturated carbocycles. The molecule has 112 valence electrons. The lowest BCUT2D eigenvalue weighted by Gasteiger charge is -2.48. The zero-order chi connectivity index (χ0) is 13.9. The van der Waals surface area contributed by atoms with E-state index in [1.807, 2.05) is 7.11 Å². The Morgan fingerprint density at radius 2 is 1.89 bits per heavy atom. The molecule has 3 heteroatoms. The van der Waals surface area contributed by atoms with Crippen molar-refractivity contribution in [3.63, 3.8) is 0 Å². The fourth-order valence-corrected chi connectivity index (χ4v) is 3.96. The fourth-order valence-electron chi connectivity index (χ4n) is 3.96. The van der Waals surface area contributed by atoms with Crippen LogP contribution in [-0.4, -0.2) is 50.8 Å². The van der Waals surface area contributed by atoms with E-state index in [2.05, 4.69) is 31.1 Å². The molecule has 19 heavy (non-hydrogen) atoms. The Balaban J connectivity index is 1.92. The van der Waals surface area contributed by atoms with Crippen LogP contribution in [0.25, 0.3) is 0 Å². The number of ether oxygens (including phenoxy) is 1. The second-order valence-electron chi connectivity index (χ2n) is 7.30. The minimum absolute atomic E-state index is 0.515. The van der Waals surface area contributed by atoms with Gasteiger partial charge >= 0.3 is 0 Å². The molecule has 0 bridgehead atoms. The van der Waals surface area contributed by atoms with Gasteiger partial charge in [0.15, 0.2) is 0 Å². The Morgan fingerprint density at radius 3 is 2.47 bits per heavy atom. The molecule has 2 rings (SSSR count). The van der Waals surface area contributed by atoms with E-state index in [1.54, 1.807) is 0 Å². The van der Waals surface area contributed by atoms with Crippen molar-refractivity contribution in [2.75, 3.05) is 33.9 Å². The van der Waals surface area contributed by atoms with Crippen LogP contribution in [0.1, 0.15) is 46.0 Å². The number of nitrogens with one attached hydrogen (secondary N) is 1. The van der Waals surface area contributed by atoms with Crippen LogP contribution in [0.15, 0.2) is 0 Å². The molecular formula is C16H32N2O. The minimum Gasteiger partial charge on any atom is -0.384 e. The maximum Gasteiger partial charge on any atom is 0.0491 e. The first-order chi connectivity index (χ1) is 9.05. The molecule has 1 aliphatic heterocycles. The zero-order valence-electron chi connectivity index (χ0n) is 13.2. The largest absolute Gasteiger partial charge is 0.384 e. The molecule has 0 radical (unpaired) electrons. The summed E-state index contributed by atoms with van der Waals surface area (Å²) in [4.78, 5) is 2.74. The van der Waals surface area contributed by atoms with Gasteiger partial charge in [-0.3, -0.25) is 4.90 Å². The van der Waals surface area contributed by atoms with Crippen LogP contribution in [0, 0.1) is 11.3 Å². The first-order valence-corrected chi connectivity index (χ1v) is 7.96. The number of nitrogens with zero attached hydrogens (tertiary/aromatic N) is 1. The molecule has 2 atom stereocenters. The first kappa shape index (κ1) is 15.3. The minimum atomic E-state index is 0.515. The Labute approximate surface area is 119 Å². The van der Waals surface area contributed by atoms with Gasteiger partial charge in [-0.2, -0.15) is 0 Å². The highest BCUT2D eigenvalue weighted by Crippen LogP contribution is 2.38. The number of hydrogen-bond acceptors (Lipinski definition) is 3. The van der Waals surface area contributed by atoms with Gasteiger partial charge in [0.1, 0.15) is 0 Å². The van der Waals surface area contributed by atoms with Crippen LogP contribution in [0.3, 0.4) is 0 Å². The summed E-state index contributed by atoms with van der Waals surface area (Å²) in [5.41, 5.74) is 0.515. The Bertz CT molecular complexity index is 272. The fraction of sp³-hybridized carbons (Fsp3) is 1.00. The lowest BCUT2D eigenvalue weighted by atomic mass is 9.72. The second kappa shape index (κ2) is 6.55. The Morgan fingerprint density at radius 1 is 1.21 bits per heavy atom. The molecule has 0 spiro atoms. The average molecular weight is 268 g/mol. The highest BCUT2D eigenvalue weighted by molar-refractivity contribution is 4.95. The lowest BCUT2D eigenvalue weighted by Crippen LogP contribution is -2.55. The van der Waals surface area contributed by atoms with Crippen LogP contribution >= 0.6 is 0 Å². The smallest absolute Gasteiger partial charge is 0.0491 e. The van der Waals surface area contributed by atoms with Crippen LogP contribution in [-0.2, 0) is 4.74 Å². The third-order valence-electron chi connectivity index (χ3n) is 5.25. The van der Waals surface area contributed by atoms with Gasteiger partial charge in [-0.15, -0.1) is 0 Å². The molecule has 0 amide bonds. The molecular weight excluding hydrogens is 236 g/mol. The maximum absolute atomic E-state index is 5.31.